The van der Waals surface area contributed by atoms with Crippen molar-refractivity contribution in [3.63, 3.8) is 0 Å². The van der Waals surface area contributed by atoms with Gasteiger partial charge in [0.25, 0.3) is 0 Å². The van der Waals surface area contributed by atoms with Crippen LogP contribution in [0.2, 0.25) is 0 Å². The van der Waals surface area contributed by atoms with Crippen LogP contribution in [0, 0.1) is 0 Å². The van der Waals surface area contributed by atoms with Crippen molar-refractivity contribution in [3.05, 3.63) is 29.8 Å². The molecule has 0 aliphatic carbocycles. The van der Waals surface area contributed by atoms with Crippen molar-refractivity contribution < 1.29 is 18.3 Å². The van der Waals surface area contributed by atoms with Crippen LogP contribution in [0.5, 0.6) is 0 Å². The number of nitrogens with two attached hydrogens (primary N) is 1. The van der Waals surface area contributed by atoms with E-state index in [4.69, 9.17) is 9.88 Å². The zero-order valence-electron chi connectivity index (χ0n) is 11.7. The molecule has 4 N–H and O–H groups in total. The monoisotopic (exact) mass is 302 g/mol. The number of aliphatic hydroxyl groups is 1. The Balaban J connectivity index is 2.50. The van der Waals surface area contributed by atoms with Gasteiger partial charge in [0, 0.05) is 13.2 Å². The third-order valence-electron chi connectivity index (χ3n) is 3.00. The average molecular weight is 302 g/mol. The lowest BCUT2D eigenvalue weighted by Gasteiger charge is -2.16. The van der Waals surface area contributed by atoms with Gasteiger partial charge in [0.1, 0.15) is 0 Å². The van der Waals surface area contributed by atoms with Crippen LogP contribution in [-0.2, 0) is 14.8 Å². The largest absolute Gasteiger partial charge is 0.391 e. The summed E-state index contributed by atoms with van der Waals surface area (Å²) in [6, 6.07) is 6.48. The van der Waals surface area contributed by atoms with E-state index < -0.39 is 16.1 Å². The molecule has 0 saturated heterocycles. The first-order valence-corrected chi connectivity index (χ1v) is 7.92. The number of rotatable bonds is 8. The number of nitrogens with one attached hydrogen (secondary N) is 1. The first kappa shape index (κ1) is 17.1. The van der Waals surface area contributed by atoms with Gasteiger partial charge in [-0.3, -0.25) is 0 Å². The summed E-state index contributed by atoms with van der Waals surface area (Å²) in [5.41, 5.74) is 0.957. The number of primary sulfonamides is 1. The predicted molar refractivity (Wildman–Crippen MR) is 76.7 cm³/mol. The van der Waals surface area contributed by atoms with Crippen LogP contribution in [0.25, 0.3) is 0 Å². The van der Waals surface area contributed by atoms with E-state index in [1.807, 2.05) is 6.92 Å². The van der Waals surface area contributed by atoms with E-state index >= 15 is 0 Å². The van der Waals surface area contributed by atoms with Crippen LogP contribution in [0.3, 0.4) is 0 Å². The minimum absolute atomic E-state index is 0.0549. The topological polar surface area (TPSA) is 102 Å². The van der Waals surface area contributed by atoms with Gasteiger partial charge in [0.05, 0.1) is 17.6 Å². The third-order valence-corrected chi connectivity index (χ3v) is 3.93. The minimum Gasteiger partial charge on any atom is -0.391 e. The number of hydrogen-bond donors (Lipinski definition) is 3. The second-order valence-corrected chi connectivity index (χ2v) is 6.25. The number of aliphatic hydroxyl groups excluding tert-OH is 1. The van der Waals surface area contributed by atoms with Crippen molar-refractivity contribution in [2.45, 2.75) is 30.4 Å². The molecule has 1 aromatic rings. The highest BCUT2D eigenvalue weighted by atomic mass is 32.2. The second-order valence-electron chi connectivity index (χ2n) is 4.69. The molecule has 0 radical (unpaired) electrons. The predicted octanol–water partition coefficient (Wildman–Crippen LogP) is 0.382. The highest BCUT2D eigenvalue weighted by Gasteiger charge is 2.10. The lowest BCUT2D eigenvalue weighted by molar-refractivity contribution is 0.0590. The molecule has 0 spiro atoms. The van der Waals surface area contributed by atoms with E-state index in [9.17, 15) is 13.5 Å². The van der Waals surface area contributed by atoms with Gasteiger partial charge in [-0.1, -0.05) is 12.1 Å². The van der Waals surface area contributed by atoms with Crippen molar-refractivity contribution in [2.24, 2.45) is 5.14 Å². The lowest BCUT2D eigenvalue weighted by atomic mass is 10.1. The normalized spacial score (nSPS) is 15.0. The Hall–Kier alpha value is -0.990. The van der Waals surface area contributed by atoms with E-state index in [1.165, 1.54) is 12.1 Å². The number of hydrogen-bond acceptors (Lipinski definition) is 5. The molecule has 114 valence electrons. The molecule has 0 fully saturated rings. The third kappa shape index (κ3) is 5.56. The Kier molecular flexibility index (Phi) is 6.57. The van der Waals surface area contributed by atoms with Gasteiger partial charge >= 0.3 is 0 Å². The van der Waals surface area contributed by atoms with E-state index in [0.29, 0.717) is 19.6 Å². The van der Waals surface area contributed by atoms with E-state index in [-0.39, 0.29) is 10.9 Å². The van der Waals surface area contributed by atoms with Gasteiger partial charge in [0.2, 0.25) is 10.0 Å². The molecule has 1 aromatic carbocycles. The molecular weight excluding hydrogens is 280 g/mol. The summed E-state index contributed by atoms with van der Waals surface area (Å²) in [5.74, 6) is 0. The fraction of sp³-hybridized carbons (Fsp3) is 0.538. The molecule has 0 saturated carbocycles. The summed E-state index contributed by atoms with van der Waals surface area (Å²) in [6.45, 7) is 2.93. The minimum atomic E-state index is -3.65. The molecule has 2 unspecified atom stereocenters. The highest BCUT2D eigenvalue weighted by molar-refractivity contribution is 7.89. The summed E-state index contributed by atoms with van der Waals surface area (Å²) in [6.07, 6.45) is 0.109. The van der Waals surface area contributed by atoms with Crippen LogP contribution < -0.4 is 10.5 Å². The smallest absolute Gasteiger partial charge is 0.238 e. The Bertz CT molecular complexity index is 502. The average Bonchev–Trinajstić information content (AvgIpc) is 2.38. The number of ether oxygens (including phenoxy) is 1. The Labute approximate surface area is 120 Å². The molecule has 20 heavy (non-hydrogen) atoms. The molecule has 6 nitrogen and oxygen atoms in total. The van der Waals surface area contributed by atoms with Gasteiger partial charge in [-0.25, -0.2) is 13.6 Å². The Morgan fingerprint density at radius 3 is 2.45 bits per heavy atom. The van der Waals surface area contributed by atoms with Crippen LogP contribution in [-0.4, -0.2) is 39.9 Å². The van der Waals surface area contributed by atoms with Gasteiger partial charge in [-0.05, 0) is 37.6 Å². The molecule has 0 aromatic heterocycles. The highest BCUT2D eigenvalue weighted by Crippen LogP contribution is 2.15. The van der Waals surface area contributed by atoms with Gasteiger partial charge < -0.3 is 15.2 Å². The Morgan fingerprint density at radius 2 is 1.95 bits per heavy atom. The molecule has 0 aliphatic rings. The Morgan fingerprint density at radius 1 is 1.35 bits per heavy atom. The maximum atomic E-state index is 11.1. The molecule has 7 heteroatoms. The summed E-state index contributed by atoms with van der Waals surface area (Å²) < 4.78 is 27.1. The van der Waals surface area contributed by atoms with Crippen LogP contribution in [0.1, 0.15) is 24.9 Å². The SMILES string of the molecule is COCC(O)CCNC(C)c1ccc(S(N)(=O)=O)cc1. The molecule has 0 amide bonds. The molecular formula is C13H22N2O4S. The quantitative estimate of drug-likeness (QED) is 0.644. The molecule has 0 heterocycles. The number of sulfonamides is 1. The van der Waals surface area contributed by atoms with Crippen LogP contribution >= 0.6 is 0 Å². The maximum absolute atomic E-state index is 11.1. The van der Waals surface area contributed by atoms with Crippen molar-refractivity contribution in [1.29, 1.82) is 0 Å². The van der Waals surface area contributed by atoms with Crippen molar-refractivity contribution in [3.8, 4) is 0 Å². The van der Waals surface area contributed by atoms with E-state index in [0.717, 1.165) is 5.56 Å². The zero-order chi connectivity index (χ0) is 15.2. The molecule has 2 atom stereocenters. The number of benzene rings is 1. The van der Waals surface area contributed by atoms with Crippen LogP contribution in [0.15, 0.2) is 29.2 Å². The number of methoxy groups -OCH3 is 1. The standard InChI is InChI=1S/C13H22N2O4S/c1-10(15-8-7-12(16)9-19-2)11-3-5-13(6-4-11)20(14,17)18/h3-6,10,12,15-16H,7-9H2,1-2H3,(H2,14,17,18). The first-order chi connectivity index (χ1) is 9.34. The maximum Gasteiger partial charge on any atom is 0.238 e. The first-order valence-electron chi connectivity index (χ1n) is 6.37. The molecule has 1 rings (SSSR count). The summed E-state index contributed by atoms with van der Waals surface area (Å²) in [4.78, 5) is 0.101. The van der Waals surface area contributed by atoms with E-state index in [1.54, 1.807) is 19.2 Å². The van der Waals surface area contributed by atoms with Crippen LogP contribution in [0.4, 0.5) is 0 Å². The van der Waals surface area contributed by atoms with Gasteiger partial charge in [0.15, 0.2) is 0 Å². The fourth-order valence-electron chi connectivity index (χ4n) is 1.81. The van der Waals surface area contributed by atoms with Gasteiger partial charge in [-0.15, -0.1) is 0 Å². The van der Waals surface area contributed by atoms with Crippen molar-refractivity contribution >= 4 is 10.0 Å². The fourth-order valence-corrected chi connectivity index (χ4v) is 2.32. The van der Waals surface area contributed by atoms with Crippen molar-refractivity contribution in [1.82, 2.24) is 5.32 Å². The summed E-state index contributed by atoms with van der Waals surface area (Å²) >= 11 is 0. The van der Waals surface area contributed by atoms with Crippen molar-refractivity contribution in [2.75, 3.05) is 20.3 Å². The summed E-state index contributed by atoms with van der Waals surface area (Å²) in [7, 11) is -2.10. The van der Waals surface area contributed by atoms with E-state index in [2.05, 4.69) is 5.32 Å². The second kappa shape index (κ2) is 7.70. The summed E-state index contributed by atoms with van der Waals surface area (Å²) in [5, 5.41) is 17.8. The van der Waals surface area contributed by atoms with Gasteiger partial charge in [-0.2, -0.15) is 0 Å². The molecule has 0 bridgehead atoms. The lowest BCUT2D eigenvalue weighted by Crippen LogP contribution is -2.25. The zero-order valence-corrected chi connectivity index (χ0v) is 12.6. The molecule has 0 aliphatic heterocycles.